The van der Waals surface area contributed by atoms with Crippen molar-refractivity contribution >= 4 is 10.9 Å². The summed E-state index contributed by atoms with van der Waals surface area (Å²) >= 11 is 0. The van der Waals surface area contributed by atoms with Crippen LogP contribution in [0.2, 0.25) is 0 Å². The number of hydrogen-bond donors (Lipinski definition) is 2. The van der Waals surface area contributed by atoms with Gasteiger partial charge in [-0.25, -0.2) is 4.98 Å². The van der Waals surface area contributed by atoms with Crippen LogP contribution in [-0.4, -0.2) is 15.1 Å². The maximum absolute atomic E-state index is 12.2. The lowest BCUT2D eigenvalue weighted by Gasteiger charge is -2.07. The molecule has 2 N–H and O–H groups in total. The van der Waals surface area contributed by atoms with Crippen molar-refractivity contribution in [1.82, 2.24) is 9.97 Å². The minimum absolute atomic E-state index is 0.154. The van der Waals surface area contributed by atoms with Crippen molar-refractivity contribution in [2.75, 3.05) is 0 Å². The molecular formula is C20H14N2O2. The average Bonchev–Trinajstić information content (AvgIpc) is 2.62. The summed E-state index contributed by atoms with van der Waals surface area (Å²) in [6.07, 6.45) is 0. The van der Waals surface area contributed by atoms with Gasteiger partial charge in [0.1, 0.15) is 11.6 Å². The van der Waals surface area contributed by atoms with Gasteiger partial charge < -0.3 is 10.1 Å². The average molecular weight is 314 g/mol. The van der Waals surface area contributed by atoms with Crippen LogP contribution >= 0.6 is 0 Å². The number of phenolic OH excluding ortho intramolecular Hbond substituents is 1. The van der Waals surface area contributed by atoms with Crippen LogP contribution in [0.25, 0.3) is 33.4 Å². The fourth-order valence-corrected chi connectivity index (χ4v) is 2.75. The zero-order valence-electron chi connectivity index (χ0n) is 12.7. The van der Waals surface area contributed by atoms with Crippen molar-refractivity contribution in [2.45, 2.75) is 0 Å². The molecule has 0 aliphatic rings. The number of aromatic nitrogens is 2. The molecule has 0 fully saturated rings. The molecule has 3 aromatic carbocycles. The summed E-state index contributed by atoms with van der Waals surface area (Å²) in [5.74, 6) is 0.746. The number of benzene rings is 3. The van der Waals surface area contributed by atoms with Gasteiger partial charge >= 0.3 is 0 Å². The number of rotatable bonds is 2. The number of nitrogens with zero attached hydrogens (tertiary/aromatic N) is 1. The van der Waals surface area contributed by atoms with E-state index in [1.54, 1.807) is 24.3 Å². The van der Waals surface area contributed by atoms with E-state index in [9.17, 15) is 9.90 Å². The van der Waals surface area contributed by atoms with Gasteiger partial charge in [-0.3, -0.25) is 4.79 Å². The Labute approximate surface area is 138 Å². The molecule has 0 radical (unpaired) electrons. The molecule has 0 aliphatic carbocycles. The number of aromatic amines is 1. The van der Waals surface area contributed by atoms with Crippen molar-refractivity contribution in [3.05, 3.63) is 83.2 Å². The third kappa shape index (κ3) is 2.54. The van der Waals surface area contributed by atoms with Gasteiger partial charge in [0.2, 0.25) is 0 Å². The molecule has 1 heterocycles. The van der Waals surface area contributed by atoms with E-state index in [1.165, 1.54) is 0 Å². The van der Waals surface area contributed by atoms with Gasteiger partial charge in [0.15, 0.2) is 0 Å². The smallest absolute Gasteiger partial charge is 0.259 e. The molecule has 4 heteroatoms. The van der Waals surface area contributed by atoms with Gasteiger partial charge in [-0.2, -0.15) is 0 Å². The minimum Gasteiger partial charge on any atom is -0.508 e. The summed E-state index contributed by atoms with van der Waals surface area (Å²) < 4.78 is 0. The second-order valence-electron chi connectivity index (χ2n) is 5.56. The lowest BCUT2D eigenvalue weighted by atomic mass is 10.0. The molecule has 4 aromatic rings. The summed E-state index contributed by atoms with van der Waals surface area (Å²) in [7, 11) is 0. The number of aromatic hydroxyl groups is 1. The Morgan fingerprint density at radius 2 is 1.50 bits per heavy atom. The number of hydrogen-bond acceptors (Lipinski definition) is 3. The Balaban J connectivity index is 1.86. The van der Waals surface area contributed by atoms with Crippen LogP contribution in [0.5, 0.6) is 5.75 Å². The fourth-order valence-electron chi connectivity index (χ4n) is 2.75. The van der Waals surface area contributed by atoms with E-state index in [4.69, 9.17) is 0 Å². The predicted octanol–water partition coefficient (Wildman–Crippen LogP) is 3.96. The zero-order chi connectivity index (χ0) is 16.5. The third-order valence-electron chi connectivity index (χ3n) is 3.93. The van der Waals surface area contributed by atoms with E-state index in [-0.39, 0.29) is 11.3 Å². The van der Waals surface area contributed by atoms with Crippen molar-refractivity contribution in [2.24, 2.45) is 0 Å². The number of nitrogens with one attached hydrogen (secondary N) is 1. The molecule has 0 bridgehead atoms. The van der Waals surface area contributed by atoms with Crippen LogP contribution in [0.1, 0.15) is 0 Å². The Kier molecular flexibility index (Phi) is 3.35. The SMILES string of the molecule is O=c1[nH]c(-c2cccc(-c3cccc(O)c3)c2)nc2ccccc12. The van der Waals surface area contributed by atoms with E-state index >= 15 is 0 Å². The van der Waals surface area contributed by atoms with E-state index in [1.807, 2.05) is 48.5 Å². The number of fused-ring (bicyclic) bond motifs is 1. The summed E-state index contributed by atoms with van der Waals surface area (Å²) in [6.45, 7) is 0. The predicted molar refractivity (Wildman–Crippen MR) is 94.9 cm³/mol. The van der Waals surface area contributed by atoms with Crippen molar-refractivity contribution in [3.63, 3.8) is 0 Å². The lowest BCUT2D eigenvalue weighted by Crippen LogP contribution is -2.09. The van der Waals surface area contributed by atoms with Crippen LogP contribution in [0.15, 0.2) is 77.6 Å². The van der Waals surface area contributed by atoms with Crippen molar-refractivity contribution < 1.29 is 5.11 Å². The van der Waals surface area contributed by atoms with Gasteiger partial charge in [-0.05, 0) is 41.5 Å². The van der Waals surface area contributed by atoms with Gasteiger partial charge in [0.25, 0.3) is 5.56 Å². The summed E-state index contributed by atoms with van der Waals surface area (Å²) in [5.41, 5.74) is 3.18. The summed E-state index contributed by atoms with van der Waals surface area (Å²) in [6, 6.07) is 22.0. The van der Waals surface area contributed by atoms with E-state index < -0.39 is 0 Å². The Hall–Kier alpha value is -3.40. The third-order valence-corrected chi connectivity index (χ3v) is 3.93. The Morgan fingerprint density at radius 1 is 0.792 bits per heavy atom. The van der Waals surface area contributed by atoms with Gasteiger partial charge in [0, 0.05) is 5.56 Å². The molecule has 0 atom stereocenters. The van der Waals surface area contributed by atoms with Crippen molar-refractivity contribution in [3.8, 4) is 28.3 Å². The number of para-hydroxylation sites is 1. The largest absolute Gasteiger partial charge is 0.508 e. The normalized spacial score (nSPS) is 10.8. The Morgan fingerprint density at radius 3 is 2.33 bits per heavy atom. The van der Waals surface area contributed by atoms with Crippen LogP contribution in [0, 0.1) is 0 Å². The van der Waals surface area contributed by atoms with Crippen LogP contribution in [0.3, 0.4) is 0 Å². The van der Waals surface area contributed by atoms with Gasteiger partial charge in [-0.15, -0.1) is 0 Å². The quantitative estimate of drug-likeness (QED) is 0.588. The Bertz CT molecular complexity index is 1100. The second-order valence-corrected chi connectivity index (χ2v) is 5.56. The highest BCUT2D eigenvalue weighted by atomic mass is 16.3. The summed E-state index contributed by atoms with van der Waals surface area (Å²) in [5, 5.41) is 10.2. The molecule has 4 rings (SSSR count). The number of H-pyrrole nitrogens is 1. The molecule has 0 unspecified atom stereocenters. The molecule has 0 amide bonds. The molecule has 116 valence electrons. The highest BCUT2D eigenvalue weighted by Gasteiger charge is 2.07. The highest BCUT2D eigenvalue weighted by Crippen LogP contribution is 2.26. The molecule has 1 aromatic heterocycles. The standard InChI is InChI=1S/C20H14N2O2/c23-16-8-4-6-14(12-16)13-5-3-7-15(11-13)19-21-18-10-2-1-9-17(18)20(24)22-19/h1-12,23H,(H,21,22,24). The first-order valence-corrected chi connectivity index (χ1v) is 7.60. The topological polar surface area (TPSA) is 66.0 Å². The molecule has 24 heavy (non-hydrogen) atoms. The van der Waals surface area contributed by atoms with Gasteiger partial charge in [0.05, 0.1) is 10.9 Å². The van der Waals surface area contributed by atoms with Crippen molar-refractivity contribution in [1.29, 1.82) is 0 Å². The lowest BCUT2D eigenvalue weighted by molar-refractivity contribution is 0.475. The minimum atomic E-state index is -0.154. The van der Waals surface area contributed by atoms with Crippen LogP contribution < -0.4 is 5.56 Å². The molecule has 0 saturated heterocycles. The maximum atomic E-state index is 12.2. The molecular weight excluding hydrogens is 300 g/mol. The highest BCUT2D eigenvalue weighted by molar-refractivity contribution is 5.80. The second kappa shape index (κ2) is 5.66. The van der Waals surface area contributed by atoms with E-state index in [0.29, 0.717) is 16.7 Å². The maximum Gasteiger partial charge on any atom is 0.259 e. The molecule has 4 nitrogen and oxygen atoms in total. The first-order chi connectivity index (χ1) is 11.7. The van der Waals surface area contributed by atoms with E-state index in [0.717, 1.165) is 16.7 Å². The molecule has 0 aliphatic heterocycles. The summed E-state index contributed by atoms with van der Waals surface area (Å²) in [4.78, 5) is 19.6. The fraction of sp³-hybridized carbons (Fsp3) is 0. The zero-order valence-corrected chi connectivity index (χ0v) is 12.7. The van der Waals surface area contributed by atoms with Crippen LogP contribution in [0.4, 0.5) is 0 Å². The number of phenols is 1. The first-order valence-electron chi connectivity index (χ1n) is 7.60. The molecule has 0 saturated carbocycles. The molecule has 0 spiro atoms. The van der Waals surface area contributed by atoms with E-state index in [2.05, 4.69) is 9.97 Å². The first kappa shape index (κ1) is 14.2. The van der Waals surface area contributed by atoms with Crippen LogP contribution in [-0.2, 0) is 0 Å². The van der Waals surface area contributed by atoms with Gasteiger partial charge in [-0.1, -0.05) is 42.5 Å². The monoisotopic (exact) mass is 314 g/mol.